The molecule has 4 nitrogen and oxygen atoms in total. The molecule has 0 radical (unpaired) electrons. The molecule has 0 amide bonds. The fraction of sp³-hybridized carbons (Fsp3) is 0.769. The third kappa shape index (κ3) is 3.56. The van der Waals surface area contributed by atoms with Crippen molar-refractivity contribution in [2.45, 2.75) is 44.8 Å². The summed E-state index contributed by atoms with van der Waals surface area (Å²) >= 11 is 3.43. The van der Waals surface area contributed by atoms with Crippen LogP contribution in [0.5, 0.6) is 0 Å². The molecular formula is C13H22BrN3O. The lowest BCUT2D eigenvalue weighted by Crippen LogP contribution is -2.44. The highest BCUT2D eigenvalue weighted by Crippen LogP contribution is 2.24. The molecule has 0 aromatic carbocycles. The number of likely N-dealkylation sites (tertiary alicyclic amines) is 1. The van der Waals surface area contributed by atoms with Gasteiger partial charge in [0.15, 0.2) is 0 Å². The zero-order valence-corrected chi connectivity index (χ0v) is 12.7. The third-order valence-electron chi connectivity index (χ3n) is 3.83. The van der Waals surface area contributed by atoms with Gasteiger partial charge >= 0.3 is 0 Å². The van der Waals surface area contributed by atoms with E-state index < -0.39 is 5.60 Å². The van der Waals surface area contributed by atoms with E-state index in [4.69, 9.17) is 0 Å². The van der Waals surface area contributed by atoms with E-state index in [2.05, 4.69) is 30.6 Å². The van der Waals surface area contributed by atoms with Crippen molar-refractivity contribution in [3.8, 4) is 0 Å². The zero-order chi connectivity index (χ0) is 13.2. The lowest BCUT2D eigenvalue weighted by Gasteiger charge is -2.36. The maximum Gasteiger partial charge on any atom is 0.0743 e. The van der Waals surface area contributed by atoms with Gasteiger partial charge in [0.05, 0.1) is 22.3 Å². The van der Waals surface area contributed by atoms with Crippen molar-refractivity contribution >= 4 is 15.9 Å². The number of β-amino-alcohol motifs (C(OH)–C–C–N with tert-alkyl or cyclic N) is 1. The maximum atomic E-state index is 10.1. The Morgan fingerprint density at radius 1 is 1.50 bits per heavy atom. The van der Waals surface area contributed by atoms with Gasteiger partial charge in [0.25, 0.3) is 0 Å². The van der Waals surface area contributed by atoms with Gasteiger partial charge in [-0.05, 0) is 42.1 Å². The van der Waals surface area contributed by atoms with Crippen molar-refractivity contribution in [1.82, 2.24) is 14.7 Å². The van der Waals surface area contributed by atoms with Crippen molar-refractivity contribution in [1.29, 1.82) is 0 Å². The molecule has 0 unspecified atom stereocenters. The van der Waals surface area contributed by atoms with Crippen molar-refractivity contribution < 1.29 is 5.11 Å². The molecule has 0 saturated carbocycles. The summed E-state index contributed by atoms with van der Waals surface area (Å²) < 4.78 is 3.10. The average molecular weight is 316 g/mol. The van der Waals surface area contributed by atoms with Gasteiger partial charge in [0.2, 0.25) is 0 Å². The van der Waals surface area contributed by atoms with E-state index in [0.29, 0.717) is 6.04 Å². The van der Waals surface area contributed by atoms with Crippen molar-refractivity contribution in [2.75, 3.05) is 19.6 Å². The molecule has 1 aliphatic rings. The van der Waals surface area contributed by atoms with Crippen LogP contribution in [-0.4, -0.2) is 45.0 Å². The molecule has 1 aromatic heterocycles. The number of aromatic nitrogens is 2. The molecular weight excluding hydrogens is 294 g/mol. The van der Waals surface area contributed by atoms with Crippen LogP contribution in [0.15, 0.2) is 16.9 Å². The van der Waals surface area contributed by atoms with Crippen molar-refractivity contribution in [3.05, 3.63) is 16.9 Å². The molecule has 0 bridgehead atoms. The summed E-state index contributed by atoms with van der Waals surface area (Å²) in [6.07, 6.45) is 6.90. The Morgan fingerprint density at radius 2 is 2.17 bits per heavy atom. The van der Waals surface area contributed by atoms with Gasteiger partial charge in [0, 0.05) is 25.8 Å². The Labute approximate surface area is 117 Å². The molecule has 1 saturated heterocycles. The second kappa shape index (κ2) is 5.72. The highest BCUT2D eigenvalue weighted by molar-refractivity contribution is 9.10. The molecule has 2 heterocycles. The van der Waals surface area contributed by atoms with E-state index in [9.17, 15) is 5.11 Å². The molecule has 2 rings (SSSR count). The monoisotopic (exact) mass is 315 g/mol. The van der Waals surface area contributed by atoms with Gasteiger partial charge in [-0.25, -0.2) is 0 Å². The number of halogens is 1. The Bertz CT molecular complexity index is 383. The first-order chi connectivity index (χ1) is 8.50. The number of aliphatic hydroxyl groups is 1. The highest BCUT2D eigenvalue weighted by Gasteiger charge is 2.26. The Kier molecular flexibility index (Phi) is 4.45. The summed E-state index contributed by atoms with van der Waals surface area (Å²) in [4.78, 5) is 2.36. The fourth-order valence-corrected chi connectivity index (χ4v) is 2.75. The van der Waals surface area contributed by atoms with E-state index in [-0.39, 0.29) is 0 Å². The minimum absolute atomic E-state index is 0.499. The average Bonchev–Trinajstić information content (AvgIpc) is 2.76. The van der Waals surface area contributed by atoms with Gasteiger partial charge in [-0.2, -0.15) is 5.10 Å². The second-order valence-corrected chi connectivity index (χ2v) is 6.41. The smallest absolute Gasteiger partial charge is 0.0743 e. The second-order valence-electron chi connectivity index (χ2n) is 5.50. The first-order valence-electron chi connectivity index (χ1n) is 6.64. The number of hydrogen-bond acceptors (Lipinski definition) is 3. The first kappa shape index (κ1) is 14.0. The molecule has 1 aliphatic heterocycles. The lowest BCUT2D eigenvalue weighted by atomic mass is 9.99. The number of piperidine rings is 1. The standard InChI is InChI=1S/C13H22BrN3O/c1-3-13(2,18)10-16-6-4-12(5-7-16)17-9-11(14)8-15-17/h8-9,12,18H,3-7,10H2,1-2H3/t13-/m0/s1. The summed E-state index contributed by atoms with van der Waals surface area (Å²) in [6.45, 7) is 6.81. The molecule has 1 fully saturated rings. The van der Waals surface area contributed by atoms with Gasteiger partial charge in [-0.15, -0.1) is 0 Å². The van der Waals surface area contributed by atoms with Gasteiger partial charge in [-0.1, -0.05) is 6.92 Å². The van der Waals surface area contributed by atoms with E-state index in [1.165, 1.54) is 0 Å². The number of hydrogen-bond donors (Lipinski definition) is 1. The van der Waals surface area contributed by atoms with Crippen molar-refractivity contribution in [3.63, 3.8) is 0 Å². The predicted octanol–water partition coefficient (Wildman–Crippen LogP) is 2.44. The van der Waals surface area contributed by atoms with Crippen LogP contribution in [0.2, 0.25) is 0 Å². The SMILES string of the molecule is CC[C@](C)(O)CN1CCC(n2cc(Br)cn2)CC1. The Hall–Kier alpha value is -0.390. The third-order valence-corrected chi connectivity index (χ3v) is 4.24. The van der Waals surface area contributed by atoms with Gasteiger partial charge in [-0.3, -0.25) is 4.68 Å². The van der Waals surface area contributed by atoms with Gasteiger partial charge in [0.1, 0.15) is 0 Å². The van der Waals surface area contributed by atoms with Crippen LogP contribution in [0.3, 0.4) is 0 Å². The summed E-state index contributed by atoms with van der Waals surface area (Å²) in [7, 11) is 0. The molecule has 102 valence electrons. The maximum absolute atomic E-state index is 10.1. The van der Waals surface area contributed by atoms with Crippen LogP contribution >= 0.6 is 15.9 Å². The van der Waals surface area contributed by atoms with E-state index >= 15 is 0 Å². The quantitative estimate of drug-likeness (QED) is 0.928. The van der Waals surface area contributed by atoms with Crippen LogP contribution in [0.25, 0.3) is 0 Å². The van der Waals surface area contributed by atoms with E-state index in [0.717, 1.165) is 43.4 Å². The topological polar surface area (TPSA) is 41.3 Å². The van der Waals surface area contributed by atoms with Crippen LogP contribution in [0, 0.1) is 0 Å². The highest BCUT2D eigenvalue weighted by atomic mass is 79.9. The summed E-state index contributed by atoms with van der Waals surface area (Å²) in [5.41, 5.74) is -0.554. The van der Waals surface area contributed by atoms with Crippen LogP contribution in [-0.2, 0) is 0 Å². The van der Waals surface area contributed by atoms with Crippen molar-refractivity contribution in [2.24, 2.45) is 0 Å². The Morgan fingerprint density at radius 3 is 2.67 bits per heavy atom. The molecule has 0 spiro atoms. The van der Waals surface area contributed by atoms with E-state index in [1.54, 1.807) is 0 Å². The summed E-state index contributed by atoms with van der Waals surface area (Å²) in [6, 6.07) is 0.499. The summed E-state index contributed by atoms with van der Waals surface area (Å²) in [5.74, 6) is 0. The predicted molar refractivity (Wildman–Crippen MR) is 75.6 cm³/mol. The molecule has 1 aromatic rings. The number of rotatable bonds is 4. The normalized spacial score (nSPS) is 22.0. The molecule has 1 N–H and O–H groups in total. The van der Waals surface area contributed by atoms with Crippen LogP contribution in [0.1, 0.15) is 39.2 Å². The minimum atomic E-state index is -0.554. The first-order valence-corrected chi connectivity index (χ1v) is 7.44. The largest absolute Gasteiger partial charge is 0.389 e. The molecule has 1 atom stereocenters. The molecule has 5 heteroatoms. The molecule has 0 aliphatic carbocycles. The minimum Gasteiger partial charge on any atom is -0.389 e. The number of nitrogens with zero attached hydrogens (tertiary/aromatic N) is 3. The van der Waals surface area contributed by atoms with Gasteiger partial charge < -0.3 is 10.0 Å². The van der Waals surface area contributed by atoms with Crippen LogP contribution < -0.4 is 0 Å². The summed E-state index contributed by atoms with van der Waals surface area (Å²) in [5, 5.41) is 14.5. The zero-order valence-electron chi connectivity index (χ0n) is 11.1. The molecule has 18 heavy (non-hydrogen) atoms. The Balaban J connectivity index is 1.85. The lowest BCUT2D eigenvalue weighted by molar-refractivity contribution is 0.00675. The fourth-order valence-electron chi connectivity index (χ4n) is 2.45. The van der Waals surface area contributed by atoms with E-state index in [1.807, 2.05) is 26.2 Å². The van der Waals surface area contributed by atoms with Crippen LogP contribution in [0.4, 0.5) is 0 Å².